The highest BCUT2D eigenvalue weighted by Crippen LogP contribution is 2.38. The van der Waals surface area contributed by atoms with E-state index in [9.17, 15) is 9.59 Å². The third-order valence-corrected chi connectivity index (χ3v) is 4.67. The van der Waals surface area contributed by atoms with Gasteiger partial charge in [-0.05, 0) is 45.4 Å². The number of rotatable bonds is 5. The first-order chi connectivity index (χ1) is 9.36. The molecule has 0 spiro atoms. The van der Waals surface area contributed by atoms with Crippen molar-refractivity contribution < 1.29 is 9.59 Å². The van der Waals surface area contributed by atoms with Crippen molar-refractivity contribution in [1.29, 1.82) is 0 Å². The van der Waals surface area contributed by atoms with Gasteiger partial charge in [0.25, 0.3) is 0 Å². The molecule has 0 heterocycles. The lowest BCUT2D eigenvalue weighted by Gasteiger charge is -2.38. The average molecular weight is 283 g/mol. The molecule has 5 heteroatoms. The summed E-state index contributed by atoms with van der Waals surface area (Å²) in [5.74, 6) is 0.544. The predicted molar refractivity (Wildman–Crippen MR) is 80.0 cm³/mol. The van der Waals surface area contributed by atoms with Crippen molar-refractivity contribution >= 4 is 11.8 Å². The first-order valence-electron chi connectivity index (χ1n) is 7.62. The van der Waals surface area contributed by atoms with E-state index in [1.807, 2.05) is 6.92 Å². The van der Waals surface area contributed by atoms with Crippen LogP contribution in [0.1, 0.15) is 46.5 Å². The zero-order valence-electron chi connectivity index (χ0n) is 13.2. The number of carbonyl (C=O) groups excluding carboxylic acids is 2. The standard InChI is InChI=1S/C15H29N3O2/c1-5-18(4)13(19)12(3)17-14(20)15(10-16)8-6-11(2)7-9-15/h11-12H,5-10,16H2,1-4H3,(H,17,20). The minimum Gasteiger partial charge on any atom is -0.344 e. The van der Waals surface area contributed by atoms with Gasteiger partial charge in [0.15, 0.2) is 0 Å². The summed E-state index contributed by atoms with van der Waals surface area (Å²) in [5.41, 5.74) is 5.39. The highest BCUT2D eigenvalue weighted by molar-refractivity contribution is 5.90. The SMILES string of the molecule is CCN(C)C(=O)C(C)NC(=O)C1(CN)CCC(C)CC1. The van der Waals surface area contributed by atoms with Crippen molar-refractivity contribution in [1.82, 2.24) is 10.2 Å². The molecule has 1 fully saturated rings. The topological polar surface area (TPSA) is 75.4 Å². The van der Waals surface area contributed by atoms with Gasteiger partial charge in [-0.15, -0.1) is 0 Å². The molecule has 1 rings (SSSR count). The Morgan fingerprint density at radius 2 is 1.95 bits per heavy atom. The Morgan fingerprint density at radius 3 is 2.40 bits per heavy atom. The largest absolute Gasteiger partial charge is 0.344 e. The van der Waals surface area contributed by atoms with E-state index in [0.717, 1.165) is 25.7 Å². The van der Waals surface area contributed by atoms with E-state index in [1.54, 1.807) is 18.9 Å². The molecule has 1 saturated carbocycles. The van der Waals surface area contributed by atoms with Crippen molar-refractivity contribution in [3.05, 3.63) is 0 Å². The molecule has 3 N–H and O–H groups in total. The van der Waals surface area contributed by atoms with Crippen molar-refractivity contribution in [2.24, 2.45) is 17.1 Å². The molecule has 0 radical (unpaired) electrons. The maximum atomic E-state index is 12.5. The fourth-order valence-electron chi connectivity index (χ4n) is 2.74. The summed E-state index contributed by atoms with van der Waals surface area (Å²) in [7, 11) is 1.74. The van der Waals surface area contributed by atoms with Crippen LogP contribution in [-0.2, 0) is 9.59 Å². The zero-order chi connectivity index (χ0) is 15.3. The van der Waals surface area contributed by atoms with E-state index >= 15 is 0 Å². The minimum absolute atomic E-state index is 0.0581. The minimum atomic E-state index is -0.491. The van der Waals surface area contributed by atoms with Crippen molar-refractivity contribution in [3.63, 3.8) is 0 Å². The molecule has 116 valence electrons. The lowest BCUT2D eigenvalue weighted by atomic mass is 9.70. The van der Waals surface area contributed by atoms with Crippen LogP contribution < -0.4 is 11.1 Å². The van der Waals surface area contributed by atoms with Gasteiger partial charge in [0.2, 0.25) is 11.8 Å². The fourth-order valence-corrected chi connectivity index (χ4v) is 2.74. The summed E-state index contributed by atoms with van der Waals surface area (Å²) in [6.07, 6.45) is 3.70. The van der Waals surface area contributed by atoms with E-state index in [4.69, 9.17) is 5.73 Å². The van der Waals surface area contributed by atoms with E-state index in [0.29, 0.717) is 19.0 Å². The van der Waals surface area contributed by atoms with E-state index < -0.39 is 11.5 Å². The molecule has 20 heavy (non-hydrogen) atoms. The lowest BCUT2D eigenvalue weighted by molar-refractivity contribution is -0.139. The van der Waals surface area contributed by atoms with Gasteiger partial charge in [0, 0.05) is 20.1 Å². The van der Waals surface area contributed by atoms with Gasteiger partial charge >= 0.3 is 0 Å². The highest BCUT2D eigenvalue weighted by Gasteiger charge is 2.40. The number of nitrogens with zero attached hydrogens (tertiary/aromatic N) is 1. The number of carbonyl (C=O) groups is 2. The van der Waals surface area contributed by atoms with Crippen LogP contribution in [0.3, 0.4) is 0 Å². The van der Waals surface area contributed by atoms with E-state index in [-0.39, 0.29) is 11.8 Å². The summed E-state index contributed by atoms with van der Waals surface area (Å²) < 4.78 is 0. The molecule has 5 nitrogen and oxygen atoms in total. The summed E-state index contributed by atoms with van der Waals surface area (Å²) in [5, 5.41) is 2.86. The zero-order valence-corrected chi connectivity index (χ0v) is 13.2. The van der Waals surface area contributed by atoms with Crippen molar-refractivity contribution in [2.75, 3.05) is 20.1 Å². The van der Waals surface area contributed by atoms with Crippen LogP contribution in [0.4, 0.5) is 0 Å². The second-order valence-corrected chi connectivity index (χ2v) is 6.21. The number of nitrogens with one attached hydrogen (secondary N) is 1. The molecule has 0 aromatic heterocycles. The number of hydrogen-bond acceptors (Lipinski definition) is 3. The Bertz CT molecular complexity index is 349. The summed E-state index contributed by atoms with van der Waals surface area (Å²) >= 11 is 0. The van der Waals surface area contributed by atoms with Crippen LogP contribution in [0, 0.1) is 11.3 Å². The van der Waals surface area contributed by atoms with Crippen LogP contribution in [0.15, 0.2) is 0 Å². The fraction of sp³-hybridized carbons (Fsp3) is 0.867. The Hall–Kier alpha value is -1.10. The van der Waals surface area contributed by atoms with Crippen LogP contribution in [0.5, 0.6) is 0 Å². The summed E-state index contributed by atoms with van der Waals surface area (Å²) in [6, 6.07) is -0.491. The van der Waals surface area contributed by atoms with Crippen LogP contribution in [0.2, 0.25) is 0 Å². The number of amides is 2. The quantitative estimate of drug-likeness (QED) is 0.794. The number of likely N-dealkylation sites (N-methyl/N-ethyl adjacent to an activating group) is 1. The molecule has 0 saturated heterocycles. The van der Waals surface area contributed by atoms with Gasteiger partial charge in [-0.2, -0.15) is 0 Å². The smallest absolute Gasteiger partial charge is 0.244 e. The molecule has 1 aliphatic rings. The van der Waals surface area contributed by atoms with Gasteiger partial charge in [-0.1, -0.05) is 6.92 Å². The Balaban J connectivity index is 2.66. The Morgan fingerprint density at radius 1 is 1.40 bits per heavy atom. The number of hydrogen-bond donors (Lipinski definition) is 2. The van der Waals surface area contributed by atoms with Crippen LogP contribution >= 0.6 is 0 Å². The molecule has 0 aliphatic heterocycles. The van der Waals surface area contributed by atoms with Gasteiger partial charge in [0.1, 0.15) is 6.04 Å². The monoisotopic (exact) mass is 283 g/mol. The molecule has 2 amide bonds. The Labute approximate surface area is 122 Å². The molecular formula is C15H29N3O2. The molecule has 0 bridgehead atoms. The first-order valence-corrected chi connectivity index (χ1v) is 7.62. The maximum absolute atomic E-state index is 12.5. The van der Waals surface area contributed by atoms with Gasteiger partial charge < -0.3 is 16.0 Å². The van der Waals surface area contributed by atoms with Crippen molar-refractivity contribution in [3.8, 4) is 0 Å². The first kappa shape index (κ1) is 17.0. The molecular weight excluding hydrogens is 254 g/mol. The van der Waals surface area contributed by atoms with Gasteiger partial charge in [0.05, 0.1) is 5.41 Å². The second-order valence-electron chi connectivity index (χ2n) is 6.21. The molecule has 1 aliphatic carbocycles. The maximum Gasteiger partial charge on any atom is 0.244 e. The van der Waals surface area contributed by atoms with Crippen LogP contribution in [-0.4, -0.2) is 42.9 Å². The van der Waals surface area contributed by atoms with Crippen molar-refractivity contribution in [2.45, 2.75) is 52.5 Å². The van der Waals surface area contributed by atoms with E-state index in [2.05, 4.69) is 12.2 Å². The van der Waals surface area contributed by atoms with E-state index in [1.165, 1.54) is 0 Å². The molecule has 0 aromatic carbocycles. The number of nitrogens with two attached hydrogens (primary N) is 1. The average Bonchev–Trinajstić information content (AvgIpc) is 2.46. The van der Waals surface area contributed by atoms with Crippen LogP contribution in [0.25, 0.3) is 0 Å². The van der Waals surface area contributed by atoms with Gasteiger partial charge in [-0.3, -0.25) is 9.59 Å². The highest BCUT2D eigenvalue weighted by atomic mass is 16.2. The van der Waals surface area contributed by atoms with Gasteiger partial charge in [-0.25, -0.2) is 0 Å². The second kappa shape index (κ2) is 7.07. The normalized spacial score (nSPS) is 27.8. The summed E-state index contributed by atoms with van der Waals surface area (Å²) in [4.78, 5) is 26.2. The Kier molecular flexibility index (Phi) is 5.99. The third-order valence-electron chi connectivity index (χ3n) is 4.67. The third kappa shape index (κ3) is 3.72. The molecule has 0 aromatic rings. The predicted octanol–water partition coefficient (Wildman–Crippen LogP) is 1.12. The molecule has 1 unspecified atom stereocenters. The molecule has 1 atom stereocenters. The summed E-state index contributed by atoms with van der Waals surface area (Å²) in [6.45, 7) is 6.85. The lowest BCUT2D eigenvalue weighted by Crippen LogP contribution is -2.53.